The van der Waals surface area contributed by atoms with Crippen molar-refractivity contribution in [1.82, 2.24) is 0 Å². The summed E-state index contributed by atoms with van der Waals surface area (Å²) in [4.78, 5) is 29.6. The number of carbonyl (C=O) groups excluding carboxylic acids is 2. The molecule has 10 atom stereocenters. The van der Waals surface area contributed by atoms with Crippen LogP contribution in [0.2, 0.25) is 0 Å². The molecule has 4 heterocycles. The number of alkyl halides is 3. The van der Waals surface area contributed by atoms with Crippen LogP contribution in [0.25, 0.3) is 0 Å². The first kappa shape index (κ1) is 45.4. The number of carbonyl (C=O) groups is 2. The predicted molar refractivity (Wildman–Crippen MR) is 233 cm³/mol. The van der Waals surface area contributed by atoms with Gasteiger partial charge in [0.1, 0.15) is 30.0 Å². The Hall–Kier alpha value is -5.76. The lowest BCUT2D eigenvalue weighted by atomic mass is 9.67. The molecule has 14 heteroatoms. The summed E-state index contributed by atoms with van der Waals surface area (Å²) in [5.74, 6) is -3.56. The highest BCUT2D eigenvalue weighted by Crippen LogP contribution is 2.62. The van der Waals surface area contributed by atoms with Crippen molar-refractivity contribution >= 4 is 17.5 Å². The van der Waals surface area contributed by atoms with E-state index in [9.17, 15) is 28.0 Å². The van der Waals surface area contributed by atoms with E-state index in [1.165, 1.54) is 6.07 Å². The molecule has 0 aromatic heterocycles. The molecule has 5 aromatic carbocycles. The van der Waals surface area contributed by atoms with E-state index in [-0.39, 0.29) is 45.1 Å². The Kier molecular flexibility index (Phi) is 13.0. The van der Waals surface area contributed by atoms with Crippen molar-refractivity contribution in [2.24, 2.45) is 11.8 Å². The monoisotopic (exact) mass is 902 g/mol. The number of ether oxygens (including phenoxy) is 7. The van der Waals surface area contributed by atoms with Gasteiger partial charge in [0, 0.05) is 6.42 Å². The van der Waals surface area contributed by atoms with E-state index < -0.39 is 89.0 Å². The number of benzene rings is 5. The predicted octanol–water partition coefficient (Wildman–Crippen LogP) is 8.72. The van der Waals surface area contributed by atoms with Crippen LogP contribution >= 0.6 is 0 Å². The zero-order valence-corrected chi connectivity index (χ0v) is 36.3. The molecule has 342 valence electrons. The fourth-order valence-corrected chi connectivity index (χ4v) is 9.96. The Bertz CT molecular complexity index is 2530. The summed E-state index contributed by atoms with van der Waals surface area (Å²) in [7, 11) is 0. The SMILES string of the molecule is C[C@]12O[C@](C)(C[C@@H]1O[C@H]1O[C@H](COCc3ccccc3)[C@@H](OCc3ccccc3)[C@H](OCc3ccccc3)[C@H]1OCc1ccccc1)[C@H]1C(=O)N(c3ccc(C#N)c(C(F)(F)F)c3)C(=O)[C@H]12. The number of amides is 2. The van der Waals surface area contributed by atoms with Gasteiger partial charge in [-0.15, -0.1) is 0 Å². The van der Waals surface area contributed by atoms with E-state index in [1.54, 1.807) is 19.9 Å². The zero-order valence-electron chi connectivity index (χ0n) is 36.3. The largest absolute Gasteiger partial charge is 0.417 e. The molecule has 9 rings (SSSR count). The molecular formula is C52H49F3N2O9. The first-order valence-electron chi connectivity index (χ1n) is 21.9. The van der Waals surface area contributed by atoms with Crippen LogP contribution in [0.5, 0.6) is 0 Å². The number of rotatable bonds is 16. The van der Waals surface area contributed by atoms with Crippen molar-refractivity contribution in [3.05, 3.63) is 173 Å². The molecule has 66 heavy (non-hydrogen) atoms. The molecule has 0 spiro atoms. The highest BCUT2D eigenvalue weighted by atomic mass is 19.4. The minimum absolute atomic E-state index is 0.0676. The Morgan fingerprint density at radius 1 is 0.682 bits per heavy atom. The third kappa shape index (κ3) is 9.05. The smallest absolute Gasteiger partial charge is 0.374 e. The quantitative estimate of drug-likeness (QED) is 0.0889. The number of anilines is 1. The maximum absolute atomic E-state index is 14.5. The van der Waals surface area contributed by atoms with Crippen molar-refractivity contribution < 1.29 is 55.9 Å². The summed E-state index contributed by atoms with van der Waals surface area (Å²) in [5.41, 5.74) is -1.15. The molecule has 2 amide bonds. The van der Waals surface area contributed by atoms with Gasteiger partial charge in [0.25, 0.3) is 0 Å². The summed E-state index contributed by atoms with van der Waals surface area (Å²) < 4.78 is 89.8. The van der Waals surface area contributed by atoms with Gasteiger partial charge in [0.05, 0.1) is 79.5 Å². The van der Waals surface area contributed by atoms with E-state index >= 15 is 0 Å². The average Bonchev–Trinajstić information content (AvgIpc) is 3.86. The van der Waals surface area contributed by atoms with Crippen LogP contribution in [-0.4, -0.2) is 66.4 Å². The number of nitrogens with zero attached hydrogens (tertiary/aromatic N) is 2. The maximum Gasteiger partial charge on any atom is 0.417 e. The third-order valence-corrected chi connectivity index (χ3v) is 13.1. The lowest BCUT2D eigenvalue weighted by molar-refractivity contribution is -0.342. The summed E-state index contributed by atoms with van der Waals surface area (Å²) >= 11 is 0. The molecule has 11 nitrogen and oxygen atoms in total. The van der Waals surface area contributed by atoms with E-state index in [0.29, 0.717) is 6.07 Å². The van der Waals surface area contributed by atoms with E-state index in [1.807, 2.05) is 121 Å². The Morgan fingerprint density at radius 2 is 1.18 bits per heavy atom. The van der Waals surface area contributed by atoms with Gasteiger partial charge in [-0.1, -0.05) is 121 Å². The number of hydrogen-bond donors (Lipinski definition) is 0. The van der Waals surface area contributed by atoms with Crippen molar-refractivity contribution in [3.63, 3.8) is 0 Å². The Balaban J connectivity index is 1.06. The molecule has 4 fully saturated rings. The van der Waals surface area contributed by atoms with Crippen molar-refractivity contribution in [2.45, 2.75) is 101 Å². The normalized spacial score (nSPS) is 29.2. The summed E-state index contributed by atoms with van der Waals surface area (Å²) in [5, 5.41) is 9.42. The number of halogens is 3. The van der Waals surface area contributed by atoms with Crippen LogP contribution in [0.4, 0.5) is 18.9 Å². The van der Waals surface area contributed by atoms with Gasteiger partial charge in [-0.05, 0) is 54.3 Å². The van der Waals surface area contributed by atoms with Gasteiger partial charge in [-0.2, -0.15) is 18.4 Å². The molecule has 0 unspecified atom stereocenters. The molecule has 0 saturated carbocycles. The number of imide groups is 1. The maximum atomic E-state index is 14.5. The van der Waals surface area contributed by atoms with Gasteiger partial charge in [0.15, 0.2) is 6.29 Å². The lowest BCUT2D eigenvalue weighted by Crippen LogP contribution is -2.63. The van der Waals surface area contributed by atoms with Crippen LogP contribution < -0.4 is 4.90 Å². The first-order chi connectivity index (χ1) is 31.9. The Labute approximate surface area is 380 Å². The zero-order chi connectivity index (χ0) is 46.1. The molecule has 5 aromatic rings. The molecule has 0 aliphatic carbocycles. The van der Waals surface area contributed by atoms with Crippen molar-refractivity contribution in [1.29, 1.82) is 5.26 Å². The van der Waals surface area contributed by atoms with Crippen LogP contribution in [0.3, 0.4) is 0 Å². The summed E-state index contributed by atoms with van der Waals surface area (Å²) in [6.07, 6.45) is -10.1. The molecule has 2 bridgehead atoms. The lowest BCUT2D eigenvalue weighted by Gasteiger charge is -2.47. The van der Waals surface area contributed by atoms with Gasteiger partial charge in [-0.25, -0.2) is 4.90 Å². The van der Waals surface area contributed by atoms with Crippen LogP contribution in [0.15, 0.2) is 140 Å². The van der Waals surface area contributed by atoms with Crippen LogP contribution in [0.1, 0.15) is 53.6 Å². The van der Waals surface area contributed by atoms with Crippen LogP contribution in [-0.2, 0) is 75.4 Å². The highest BCUT2D eigenvalue weighted by molar-refractivity contribution is 6.23. The second-order valence-corrected chi connectivity index (χ2v) is 17.6. The average molecular weight is 903 g/mol. The number of fused-ring (bicyclic) bond motifs is 5. The van der Waals surface area contributed by atoms with E-state index in [0.717, 1.165) is 33.2 Å². The van der Waals surface area contributed by atoms with E-state index in [4.69, 9.17) is 33.2 Å². The molecule has 0 N–H and O–H groups in total. The molecular weight excluding hydrogens is 854 g/mol. The molecule has 4 aliphatic heterocycles. The van der Waals surface area contributed by atoms with Gasteiger partial charge < -0.3 is 33.2 Å². The standard InChI is InChI=1S/C52H49F3N2O9/c1-50-26-41(51(2,66-50)43-42(50)47(58)57(48(43)59)38-24-23-37(27-56)39(25-38)52(53,54)55)65-49-46(63-31-36-21-13-6-14-22-36)45(62-30-35-19-11-5-12-20-35)44(61-29-34-17-9-4-10-18-34)40(64-49)32-60-28-33-15-7-3-8-16-33/h3-25,40-46,49H,26,28-32H2,1-2H3/t40-,41+,42-,43+,44-,45+,46-,49-,50-,51+/m1/s1. The van der Waals surface area contributed by atoms with Crippen molar-refractivity contribution in [2.75, 3.05) is 11.5 Å². The van der Waals surface area contributed by atoms with Gasteiger partial charge >= 0.3 is 6.18 Å². The second kappa shape index (κ2) is 18.9. The van der Waals surface area contributed by atoms with Gasteiger partial charge in [-0.3, -0.25) is 9.59 Å². The fourth-order valence-electron chi connectivity index (χ4n) is 9.96. The Morgan fingerprint density at radius 3 is 1.71 bits per heavy atom. The third-order valence-electron chi connectivity index (χ3n) is 13.1. The topological polar surface area (TPSA) is 126 Å². The summed E-state index contributed by atoms with van der Waals surface area (Å²) in [6.45, 7) is 4.33. The van der Waals surface area contributed by atoms with Crippen molar-refractivity contribution in [3.8, 4) is 6.07 Å². The van der Waals surface area contributed by atoms with Gasteiger partial charge in [0.2, 0.25) is 11.8 Å². The number of nitriles is 1. The first-order valence-corrected chi connectivity index (χ1v) is 21.9. The molecule has 0 radical (unpaired) electrons. The fraction of sp³-hybridized carbons (Fsp3) is 0.365. The summed E-state index contributed by atoms with van der Waals surface area (Å²) in [6, 6.07) is 43.2. The highest BCUT2D eigenvalue weighted by Gasteiger charge is 2.76. The van der Waals surface area contributed by atoms with E-state index in [2.05, 4.69) is 0 Å². The minimum Gasteiger partial charge on any atom is -0.374 e. The molecule has 4 saturated heterocycles. The molecule has 4 aliphatic rings. The second-order valence-electron chi connectivity index (χ2n) is 17.6. The minimum atomic E-state index is -4.90. The van der Waals surface area contributed by atoms with Crippen LogP contribution in [0, 0.1) is 23.2 Å². The number of hydrogen-bond acceptors (Lipinski definition) is 10.